The monoisotopic (exact) mass is 283 g/mol. The lowest BCUT2D eigenvalue weighted by Gasteiger charge is -2.10. The van der Waals surface area contributed by atoms with Crippen molar-refractivity contribution in [3.63, 3.8) is 0 Å². The highest BCUT2D eigenvalue weighted by molar-refractivity contribution is 9.10. The quantitative estimate of drug-likeness (QED) is 0.849. The zero-order valence-corrected chi connectivity index (χ0v) is 8.76. The Morgan fingerprint density at radius 1 is 1.53 bits per heavy atom. The predicted octanol–water partition coefficient (Wildman–Crippen LogP) is 2.49. The lowest BCUT2D eigenvalue weighted by Crippen LogP contribution is -2.12. The zero-order valence-electron chi connectivity index (χ0n) is 7.18. The second-order valence-electron chi connectivity index (χ2n) is 2.73. The molecule has 0 amide bonds. The topological polar surface area (TPSA) is 50.2 Å². The molecule has 1 rings (SSSR count). The Bertz CT molecular complexity index is 392. The molecule has 0 unspecified atom stereocenters. The fourth-order valence-electron chi connectivity index (χ4n) is 1.03. The number of carboxylic acids is 1. The minimum Gasteiger partial charge on any atom is -0.481 e. The molecule has 0 saturated carbocycles. The van der Waals surface area contributed by atoms with Gasteiger partial charge in [0, 0.05) is 6.20 Å². The largest absolute Gasteiger partial charge is 0.481 e. The Labute approximate surface area is 91.1 Å². The van der Waals surface area contributed by atoms with Crippen molar-refractivity contribution < 1.29 is 23.1 Å². The lowest BCUT2D eigenvalue weighted by molar-refractivity contribution is -0.139. The van der Waals surface area contributed by atoms with Crippen molar-refractivity contribution >= 4 is 21.9 Å². The first-order valence-corrected chi connectivity index (χ1v) is 4.53. The summed E-state index contributed by atoms with van der Waals surface area (Å²) in [6, 6.07) is 1.05. The van der Waals surface area contributed by atoms with Gasteiger partial charge in [0.25, 0.3) is 0 Å². The van der Waals surface area contributed by atoms with Gasteiger partial charge in [-0.05, 0) is 27.6 Å². The van der Waals surface area contributed by atoms with Crippen LogP contribution in [0.1, 0.15) is 11.1 Å². The number of nitrogens with zero attached hydrogens (tertiary/aromatic N) is 1. The van der Waals surface area contributed by atoms with E-state index in [1.165, 1.54) is 0 Å². The fourth-order valence-corrected chi connectivity index (χ4v) is 1.41. The van der Waals surface area contributed by atoms with Crippen molar-refractivity contribution in [2.75, 3.05) is 0 Å². The molecule has 0 bridgehead atoms. The van der Waals surface area contributed by atoms with Crippen LogP contribution in [0.3, 0.4) is 0 Å². The minimum absolute atomic E-state index is 0.173. The molecule has 1 aromatic rings. The van der Waals surface area contributed by atoms with Gasteiger partial charge >= 0.3 is 12.1 Å². The van der Waals surface area contributed by atoms with E-state index in [1.807, 2.05) is 0 Å². The number of aromatic nitrogens is 1. The summed E-state index contributed by atoms with van der Waals surface area (Å²) in [7, 11) is 0. The van der Waals surface area contributed by atoms with Crippen LogP contribution in [0.4, 0.5) is 13.2 Å². The molecular formula is C8H5BrF3NO2. The maximum absolute atomic E-state index is 12.4. The third-order valence-electron chi connectivity index (χ3n) is 1.60. The van der Waals surface area contributed by atoms with E-state index in [2.05, 4.69) is 20.9 Å². The van der Waals surface area contributed by atoms with Gasteiger partial charge in [0.2, 0.25) is 0 Å². The molecule has 0 spiro atoms. The summed E-state index contributed by atoms with van der Waals surface area (Å²) in [5.41, 5.74) is -1.33. The number of pyridine rings is 1. The molecule has 82 valence electrons. The average Bonchev–Trinajstić information content (AvgIpc) is 1.99. The smallest absolute Gasteiger partial charge is 0.418 e. The standard InChI is InChI=1S/C8H5BrF3NO2/c9-6-1-4(2-7(14)15)5(3-13-6)8(10,11)12/h1,3H,2H2,(H,14,15). The molecule has 3 nitrogen and oxygen atoms in total. The summed E-state index contributed by atoms with van der Waals surface area (Å²) in [6.07, 6.45) is -4.66. The molecule has 0 radical (unpaired) electrons. The number of carboxylic acid groups (broad SMARTS) is 1. The average molecular weight is 284 g/mol. The molecule has 7 heteroatoms. The van der Waals surface area contributed by atoms with Gasteiger partial charge in [-0.1, -0.05) is 0 Å². The number of hydrogen-bond acceptors (Lipinski definition) is 2. The van der Waals surface area contributed by atoms with Crippen molar-refractivity contribution in [1.82, 2.24) is 4.98 Å². The second-order valence-corrected chi connectivity index (χ2v) is 3.54. The number of rotatable bonds is 2. The van der Waals surface area contributed by atoms with Crippen LogP contribution < -0.4 is 0 Å². The van der Waals surface area contributed by atoms with Crippen LogP contribution in [0.25, 0.3) is 0 Å². The van der Waals surface area contributed by atoms with Crippen molar-refractivity contribution in [2.24, 2.45) is 0 Å². The fraction of sp³-hybridized carbons (Fsp3) is 0.250. The van der Waals surface area contributed by atoms with Gasteiger partial charge < -0.3 is 5.11 Å². The third-order valence-corrected chi connectivity index (χ3v) is 2.04. The highest BCUT2D eigenvalue weighted by Gasteiger charge is 2.34. The molecule has 0 fully saturated rings. The summed E-state index contributed by atoms with van der Waals surface area (Å²) in [5, 5.41) is 8.44. The van der Waals surface area contributed by atoms with E-state index < -0.39 is 24.1 Å². The molecule has 1 aromatic heterocycles. The first kappa shape index (κ1) is 12.0. The Morgan fingerprint density at radius 2 is 2.13 bits per heavy atom. The summed E-state index contributed by atoms with van der Waals surface area (Å²) >= 11 is 2.88. The lowest BCUT2D eigenvalue weighted by atomic mass is 10.1. The predicted molar refractivity (Wildman–Crippen MR) is 48.3 cm³/mol. The van der Waals surface area contributed by atoms with Gasteiger partial charge in [-0.3, -0.25) is 4.79 Å². The van der Waals surface area contributed by atoms with Gasteiger partial charge in [0.05, 0.1) is 12.0 Å². The van der Waals surface area contributed by atoms with Gasteiger partial charge in [0.1, 0.15) is 4.60 Å². The Kier molecular flexibility index (Phi) is 3.33. The summed E-state index contributed by atoms with van der Waals surface area (Å²) in [6.45, 7) is 0. The van der Waals surface area contributed by atoms with Crippen molar-refractivity contribution in [3.8, 4) is 0 Å². The van der Waals surface area contributed by atoms with E-state index in [0.717, 1.165) is 6.07 Å². The first-order valence-electron chi connectivity index (χ1n) is 3.74. The van der Waals surface area contributed by atoms with E-state index in [0.29, 0.717) is 6.20 Å². The van der Waals surface area contributed by atoms with Gasteiger partial charge in [-0.15, -0.1) is 0 Å². The van der Waals surface area contributed by atoms with Gasteiger partial charge in [0.15, 0.2) is 0 Å². The number of hydrogen-bond donors (Lipinski definition) is 1. The zero-order chi connectivity index (χ0) is 11.6. The first-order chi connectivity index (χ1) is 6.80. The molecule has 0 saturated heterocycles. The Balaban J connectivity index is 3.20. The Hall–Kier alpha value is -1.11. The minimum atomic E-state index is -4.58. The molecule has 0 aromatic carbocycles. The summed E-state index contributed by atoms with van der Waals surface area (Å²) < 4.78 is 37.3. The van der Waals surface area contributed by atoms with E-state index in [1.54, 1.807) is 0 Å². The van der Waals surface area contributed by atoms with Crippen LogP contribution in [0.2, 0.25) is 0 Å². The normalized spacial score (nSPS) is 11.5. The van der Waals surface area contributed by atoms with Crippen LogP contribution in [0, 0.1) is 0 Å². The molecule has 1 N–H and O–H groups in total. The van der Waals surface area contributed by atoms with Gasteiger partial charge in [-0.2, -0.15) is 13.2 Å². The van der Waals surface area contributed by atoms with E-state index in [4.69, 9.17) is 5.11 Å². The number of halogens is 4. The third kappa shape index (κ3) is 3.19. The highest BCUT2D eigenvalue weighted by atomic mass is 79.9. The van der Waals surface area contributed by atoms with Crippen LogP contribution >= 0.6 is 15.9 Å². The van der Waals surface area contributed by atoms with Crippen molar-refractivity contribution in [3.05, 3.63) is 28.0 Å². The second kappa shape index (κ2) is 4.18. The number of carbonyl (C=O) groups is 1. The van der Waals surface area contributed by atoms with Crippen molar-refractivity contribution in [2.45, 2.75) is 12.6 Å². The van der Waals surface area contributed by atoms with Crippen LogP contribution in [-0.2, 0) is 17.4 Å². The molecular weight excluding hydrogens is 279 g/mol. The molecule has 0 aliphatic heterocycles. The maximum atomic E-state index is 12.4. The highest BCUT2D eigenvalue weighted by Crippen LogP contribution is 2.32. The van der Waals surface area contributed by atoms with E-state index >= 15 is 0 Å². The summed E-state index contributed by atoms with van der Waals surface area (Å²) in [5.74, 6) is -1.32. The molecule has 1 heterocycles. The van der Waals surface area contributed by atoms with Crippen LogP contribution in [0.15, 0.2) is 16.9 Å². The molecule has 0 aliphatic rings. The van der Waals surface area contributed by atoms with Gasteiger partial charge in [-0.25, -0.2) is 4.98 Å². The maximum Gasteiger partial charge on any atom is 0.418 e. The summed E-state index contributed by atoms with van der Waals surface area (Å²) in [4.78, 5) is 13.8. The molecule has 0 atom stereocenters. The van der Waals surface area contributed by atoms with E-state index in [-0.39, 0.29) is 10.2 Å². The van der Waals surface area contributed by atoms with Crippen LogP contribution in [0.5, 0.6) is 0 Å². The van der Waals surface area contributed by atoms with Crippen molar-refractivity contribution in [1.29, 1.82) is 0 Å². The molecule has 15 heavy (non-hydrogen) atoms. The Morgan fingerprint density at radius 3 is 2.60 bits per heavy atom. The number of alkyl halides is 3. The van der Waals surface area contributed by atoms with E-state index in [9.17, 15) is 18.0 Å². The molecule has 0 aliphatic carbocycles. The SMILES string of the molecule is O=C(O)Cc1cc(Br)ncc1C(F)(F)F. The van der Waals surface area contributed by atoms with Crippen LogP contribution in [-0.4, -0.2) is 16.1 Å². The number of aliphatic carboxylic acids is 1.